The number of hydrogen-bond acceptors (Lipinski definition) is 4. The van der Waals surface area contributed by atoms with Crippen LogP contribution in [0.3, 0.4) is 0 Å². The van der Waals surface area contributed by atoms with Crippen LogP contribution in [0.25, 0.3) is 10.8 Å². The highest BCUT2D eigenvalue weighted by Crippen LogP contribution is 2.22. The third-order valence-electron chi connectivity index (χ3n) is 4.55. The summed E-state index contributed by atoms with van der Waals surface area (Å²) in [7, 11) is 3.41. The lowest BCUT2D eigenvalue weighted by Crippen LogP contribution is -2.37. The summed E-state index contributed by atoms with van der Waals surface area (Å²) in [6, 6.07) is 20.8. The van der Waals surface area contributed by atoms with Crippen LogP contribution in [0.2, 0.25) is 0 Å². The van der Waals surface area contributed by atoms with Crippen LogP contribution in [0.1, 0.15) is 18.1 Å². The molecular weight excluding hydrogens is 352 g/mol. The molecular formula is C23H22N2O3. The summed E-state index contributed by atoms with van der Waals surface area (Å²) in [5.41, 5.74) is 1.59. The molecule has 0 aliphatic heterocycles. The molecule has 0 aliphatic rings. The third kappa shape index (κ3) is 4.41. The third-order valence-corrected chi connectivity index (χ3v) is 4.55. The van der Waals surface area contributed by atoms with E-state index in [0.717, 1.165) is 22.1 Å². The van der Waals surface area contributed by atoms with Gasteiger partial charge in [0.1, 0.15) is 11.5 Å². The number of carbonyl (C=O) groups is 1. The molecule has 0 bridgehead atoms. The minimum Gasteiger partial charge on any atom is -0.497 e. The number of carbonyl (C=O) groups excluding carboxylic acids is 1. The molecule has 0 fully saturated rings. The van der Waals surface area contributed by atoms with Gasteiger partial charge in [0.15, 0.2) is 6.10 Å². The predicted molar refractivity (Wildman–Crippen MR) is 108 cm³/mol. The first-order valence-electron chi connectivity index (χ1n) is 8.98. The summed E-state index contributed by atoms with van der Waals surface area (Å²) in [5, 5.41) is 11.0. The van der Waals surface area contributed by atoms with Crippen LogP contribution in [-0.4, -0.2) is 31.1 Å². The average Bonchev–Trinajstić information content (AvgIpc) is 2.73. The van der Waals surface area contributed by atoms with E-state index in [2.05, 4.69) is 12.1 Å². The Hall–Kier alpha value is -3.52. The molecule has 5 nitrogen and oxygen atoms in total. The fraction of sp³-hybridized carbons (Fsp3) is 0.217. The number of fused-ring (bicyclic) bond motifs is 1. The van der Waals surface area contributed by atoms with Crippen LogP contribution >= 0.6 is 0 Å². The van der Waals surface area contributed by atoms with Crippen molar-refractivity contribution in [2.24, 2.45) is 0 Å². The van der Waals surface area contributed by atoms with Crippen LogP contribution < -0.4 is 9.47 Å². The largest absolute Gasteiger partial charge is 0.497 e. The quantitative estimate of drug-likeness (QED) is 0.650. The van der Waals surface area contributed by atoms with E-state index in [0.29, 0.717) is 17.9 Å². The van der Waals surface area contributed by atoms with Crippen molar-refractivity contribution in [1.29, 1.82) is 5.26 Å². The van der Waals surface area contributed by atoms with Gasteiger partial charge in [-0.1, -0.05) is 18.2 Å². The zero-order valence-corrected chi connectivity index (χ0v) is 16.2. The first-order chi connectivity index (χ1) is 13.5. The van der Waals surface area contributed by atoms with Crippen LogP contribution in [0.15, 0.2) is 60.7 Å². The second-order valence-electron chi connectivity index (χ2n) is 6.64. The van der Waals surface area contributed by atoms with E-state index in [1.807, 2.05) is 30.3 Å². The molecule has 3 aromatic rings. The molecule has 1 atom stereocenters. The standard InChI is InChI=1S/C23H22N2O3/c1-16(28-21-9-5-17(14-24)6-10-21)23(26)25(2)15-18-4-7-20-13-22(27-3)11-8-19(20)12-18/h4-13,16H,15H2,1-3H3/t16-/m1/s1. The summed E-state index contributed by atoms with van der Waals surface area (Å²) in [6.07, 6.45) is -0.623. The van der Waals surface area contributed by atoms with Crippen molar-refractivity contribution in [2.75, 3.05) is 14.2 Å². The Kier molecular flexibility index (Phi) is 5.81. The van der Waals surface area contributed by atoms with Gasteiger partial charge in [-0.2, -0.15) is 5.26 Å². The highest BCUT2D eigenvalue weighted by molar-refractivity contribution is 5.85. The van der Waals surface area contributed by atoms with E-state index < -0.39 is 6.10 Å². The minimum absolute atomic E-state index is 0.112. The van der Waals surface area contributed by atoms with E-state index in [1.54, 1.807) is 50.2 Å². The number of methoxy groups -OCH3 is 1. The van der Waals surface area contributed by atoms with Gasteiger partial charge >= 0.3 is 0 Å². The summed E-state index contributed by atoms with van der Waals surface area (Å²) in [6.45, 7) is 2.21. The van der Waals surface area contributed by atoms with Crippen molar-refractivity contribution in [3.63, 3.8) is 0 Å². The maximum atomic E-state index is 12.7. The lowest BCUT2D eigenvalue weighted by molar-refractivity contribution is -0.137. The second kappa shape index (κ2) is 8.45. The SMILES string of the molecule is COc1ccc2cc(CN(C)C(=O)[C@@H](C)Oc3ccc(C#N)cc3)ccc2c1. The van der Waals surface area contributed by atoms with E-state index in [-0.39, 0.29) is 5.91 Å². The molecule has 5 heteroatoms. The van der Waals surface area contributed by atoms with Crippen LogP contribution in [0, 0.1) is 11.3 Å². The number of nitrogens with zero attached hydrogens (tertiary/aromatic N) is 2. The molecule has 0 heterocycles. The summed E-state index contributed by atoms with van der Waals surface area (Å²) < 4.78 is 11.0. The Morgan fingerprint density at radius 3 is 2.36 bits per heavy atom. The number of likely N-dealkylation sites (N-methyl/N-ethyl adjacent to an activating group) is 1. The molecule has 142 valence electrons. The first kappa shape index (κ1) is 19.2. The summed E-state index contributed by atoms with van der Waals surface area (Å²) in [5.74, 6) is 1.27. The Labute approximate surface area is 164 Å². The van der Waals surface area contributed by atoms with Crippen LogP contribution in [0.4, 0.5) is 0 Å². The van der Waals surface area contributed by atoms with Gasteiger partial charge in [-0.15, -0.1) is 0 Å². The number of hydrogen-bond donors (Lipinski definition) is 0. The molecule has 1 amide bonds. The van der Waals surface area contributed by atoms with Gasteiger partial charge in [-0.25, -0.2) is 0 Å². The number of rotatable bonds is 6. The molecule has 3 rings (SSSR count). The molecule has 0 saturated heterocycles. The molecule has 0 saturated carbocycles. The van der Waals surface area contributed by atoms with Crippen molar-refractivity contribution in [3.8, 4) is 17.6 Å². The van der Waals surface area contributed by atoms with Crippen molar-refractivity contribution in [2.45, 2.75) is 19.6 Å². The highest BCUT2D eigenvalue weighted by Gasteiger charge is 2.19. The molecule has 0 unspecified atom stereocenters. The van der Waals surface area contributed by atoms with Crippen molar-refractivity contribution >= 4 is 16.7 Å². The number of benzene rings is 3. The van der Waals surface area contributed by atoms with Crippen molar-refractivity contribution in [3.05, 3.63) is 71.8 Å². The van der Waals surface area contributed by atoms with Gasteiger partial charge < -0.3 is 14.4 Å². The Bertz CT molecular complexity index is 1020. The highest BCUT2D eigenvalue weighted by atomic mass is 16.5. The van der Waals surface area contributed by atoms with Gasteiger partial charge in [-0.3, -0.25) is 4.79 Å². The second-order valence-corrected chi connectivity index (χ2v) is 6.64. The van der Waals surface area contributed by atoms with E-state index in [4.69, 9.17) is 14.7 Å². The van der Waals surface area contributed by atoms with Gasteiger partial charge in [0.2, 0.25) is 0 Å². The van der Waals surface area contributed by atoms with Gasteiger partial charge in [0, 0.05) is 13.6 Å². The molecule has 0 spiro atoms. The zero-order chi connectivity index (χ0) is 20.1. The molecule has 0 radical (unpaired) electrons. The minimum atomic E-state index is -0.623. The topological polar surface area (TPSA) is 62.6 Å². The van der Waals surface area contributed by atoms with Crippen LogP contribution in [0.5, 0.6) is 11.5 Å². The predicted octanol–water partition coefficient (Wildman–Crippen LogP) is 4.15. The Morgan fingerprint density at radius 2 is 1.68 bits per heavy atom. The van der Waals surface area contributed by atoms with Crippen LogP contribution in [-0.2, 0) is 11.3 Å². The van der Waals surface area contributed by atoms with Crippen molar-refractivity contribution < 1.29 is 14.3 Å². The molecule has 0 aromatic heterocycles. The molecule has 0 N–H and O–H groups in total. The number of ether oxygens (including phenoxy) is 2. The van der Waals surface area contributed by atoms with Gasteiger partial charge in [0.05, 0.1) is 18.7 Å². The van der Waals surface area contributed by atoms with Gasteiger partial charge in [-0.05, 0) is 65.7 Å². The average molecular weight is 374 g/mol. The zero-order valence-electron chi connectivity index (χ0n) is 16.2. The molecule has 0 aliphatic carbocycles. The maximum absolute atomic E-state index is 12.7. The van der Waals surface area contributed by atoms with E-state index in [1.165, 1.54) is 0 Å². The first-order valence-corrected chi connectivity index (χ1v) is 8.98. The van der Waals surface area contributed by atoms with Crippen molar-refractivity contribution in [1.82, 2.24) is 4.90 Å². The Balaban J connectivity index is 1.65. The monoisotopic (exact) mass is 374 g/mol. The normalized spacial score (nSPS) is 11.5. The smallest absolute Gasteiger partial charge is 0.263 e. The van der Waals surface area contributed by atoms with E-state index in [9.17, 15) is 4.79 Å². The fourth-order valence-corrected chi connectivity index (χ4v) is 3.02. The molecule has 28 heavy (non-hydrogen) atoms. The lowest BCUT2D eigenvalue weighted by atomic mass is 10.1. The maximum Gasteiger partial charge on any atom is 0.263 e. The molecule has 3 aromatic carbocycles. The van der Waals surface area contributed by atoms with E-state index >= 15 is 0 Å². The lowest BCUT2D eigenvalue weighted by Gasteiger charge is -2.22. The van der Waals surface area contributed by atoms with Gasteiger partial charge in [0.25, 0.3) is 5.91 Å². The Morgan fingerprint density at radius 1 is 1.04 bits per heavy atom. The fourth-order valence-electron chi connectivity index (χ4n) is 3.02. The number of amides is 1. The summed E-state index contributed by atoms with van der Waals surface area (Å²) >= 11 is 0. The number of nitriles is 1. The summed E-state index contributed by atoms with van der Waals surface area (Å²) in [4.78, 5) is 14.3.